The molecule has 1 aromatic heterocycles. The van der Waals surface area contributed by atoms with Gasteiger partial charge >= 0.3 is 0 Å². The Balaban J connectivity index is 2.11. The molecule has 1 fully saturated rings. The van der Waals surface area contributed by atoms with E-state index >= 15 is 0 Å². The lowest BCUT2D eigenvalue weighted by atomic mass is 9.96. The fourth-order valence-corrected chi connectivity index (χ4v) is 1.95. The highest BCUT2D eigenvalue weighted by atomic mass is 15.3. The van der Waals surface area contributed by atoms with Gasteiger partial charge in [0.2, 0.25) is 0 Å². The van der Waals surface area contributed by atoms with Crippen molar-refractivity contribution in [2.24, 2.45) is 0 Å². The van der Waals surface area contributed by atoms with E-state index in [0.29, 0.717) is 11.7 Å². The molecule has 1 aromatic rings. The number of rotatable bonds is 1. The molecule has 1 heterocycles. The van der Waals surface area contributed by atoms with Crippen molar-refractivity contribution in [2.45, 2.75) is 38.1 Å². The van der Waals surface area contributed by atoms with E-state index in [0.717, 1.165) is 0 Å². The maximum absolute atomic E-state index is 8.62. The Kier molecular flexibility index (Phi) is 2.31. The first kappa shape index (κ1) is 8.31. The van der Waals surface area contributed by atoms with Crippen LogP contribution in [0.2, 0.25) is 0 Å². The van der Waals surface area contributed by atoms with Crippen LogP contribution in [-0.2, 0) is 0 Å². The first-order valence-corrected chi connectivity index (χ1v) is 4.85. The van der Waals surface area contributed by atoms with E-state index in [2.05, 4.69) is 11.2 Å². The molecule has 0 spiro atoms. The lowest BCUT2D eigenvalue weighted by molar-refractivity contribution is 0.329. The first-order valence-electron chi connectivity index (χ1n) is 4.85. The second-order valence-electron chi connectivity index (χ2n) is 3.58. The molecule has 0 amide bonds. The molecule has 0 radical (unpaired) electrons. The molecule has 0 saturated heterocycles. The minimum absolute atomic E-state index is 0.533. The minimum Gasteiger partial charge on any atom is -0.268 e. The summed E-state index contributed by atoms with van der Waals surface area (Å²) in [6.45, 7) is 0. The van der Waals surface area contributed by atoms with Crippen LogP contribution < -0.4 is 0 Å². The van der Waals surface area contributed by atoms with Gasteiger partial charge in [0.1, 0.15) is 6.07 Å². The highest BCUT2D eigenvalue weighted by Gasteiger charge is 2.15. The van der Waals surface area contributed by atoms with Crippen LogP contribution in [0.5, 0.6) is 0 Å². The highest BCUT2D eigenvalue weighted by Crippen LogP contribution is 2.27. The Bertz CT molecular complexity index is 315. The number of hydrogen-bond acceptors (Lipinski definition) is 2. The third kappa shape index (κ3) is 1.72. The van der Waals surface area contributed by atoms with Gasteiger partial charge in [0.05, 0.1) is 6.04 Å². The van der Waals surface area contributed by atoms with Gasteiger partial charge in [-0.3, -0.25) is 4.68 Å². The van der Waals surface area contributed by atoms with Gasteiger partial charge in [-0.25, -0.2) is 0 Å². The van der Waals surface area contributed by atoms with Crippen LogP contribution in [0.15, 0.2) is 12.3 Å². The van der Waals surface area contributed by atoms with Crippen molar-refractivity contribution in [2.75, 3.05) is 0 Å². The Morgan fingerprint density at radius 3 is 2.77 bits per heavy atom. The summed E-state index contributed by atoms with van der Waals surface area (Å²) in [5.74, 6) is 0. The molecular formula is C10H13N3. The quantitative estimate of drug-likeness (QED) is 0.657. The average molecular weight is 175 g/mol. The summed E-state index contributed by atoms with van der Waals surface area (Å²) in [5.41, 5.74) is 0.533. The minimum atomic E-state index is 0.533. The summed E-state index contributed by atoms with van der Waals surface area (Å²) in [5, 5.41) is 12.8. The molecule has 0 aliphatic heterocycles. The van der Waals surface area contributed by atoms with Crippen LogP contribution in [0.3, 0.4) is 0 Å². The zero-order valence-corrected chi connectivity index (χ0v) is 7.61. The summed E-state index contributed by atoms with van der Waals surface area (Å²) in [7, 11) is 0. The van der Waals surface area contributed by atoms with Gasteiger partial charge in [0.15, 0.2) is 5.69 Å². The highest BCUT2D eigenvalue weighted by molar-refractivity contribution is 5.16. The van der Waals surface area contributed by atoms with Crippen LogP contribution >= 0.6 is 0 Å². The van der Waals surface area contributed by atoms with Crippen LogP contribution in [0.1, 0.15) is 43.8 Å². The van der Waals surface area contributed by atoms with Crippen molar-refractivity contribution in [1.82, 2.24) is 9.78 Å². The maximum atomic E-state index is 8.62. The standard InChI is InChI=1S/C10H13N3/c11-8-9-6-7-13(12-9)10-4-2-1-3-5-10/h6-7,10H,1-5H2. The van der Waals surface area contributed by atoms with Crippen LogP contribution in [0.4, 0.5) is 0 Å². The van der Waals surface area contributed by atoms with Gasteiger partial charge in [-0.2, -0.15) is 10.4 Å². The molecule has 0 unspecified atom stereocenters. The molecule has 1 aliphatic carbocycles. The van der Waals surface area contributed by atoms with Crippen LogP contribution in [0.25, 0.3) is 0 Å². The summed E-state index contributed by atoms with van der Waals surface area (Å²) in [6, 6.07) is 4.38. The number of nitriles is 1. The average Bonchev–Trinajstić information content (AvgIpc) is 2.67. The molecule has 2 rings (SSSR count). The molecule has 0 atom stereocenters. The van der Waals surface area contributed by atoms with Gasteiger partial charge < -0.3 is 0 Å². The molecule has 0 N–H and O–H groups in total. The molecular weight excluding hydrogens is 162 g/mol. The molecule has 3 heteroatoms. The first-order chi connectivity index (χ1) is 6.40. The Hall–Kier alpha value is -1.30. The van der Waals surface area contributed by atoms with Crippen molar-refractivity contribution in [1.29, 1.82) is 5.26 Å². The SMILES string of the molecule is N#Cc1ccn(C2CCCCC2)n1. The zero-order valence-electron chi connectivity index (χ0n) is 7.61. The van der Waals surface area contributed by atoms with Crippen molar-refractivity contribution in [3.8, 4) is 6.07 Å². The summed E-state index contributed by atoms with van der Waals surface area (Å²) < 4.78 is 1.96. The van der Waals surface area contributed by atoms with Gasteiger partial charge in [-0.1, -0.05) is 19.3 Å². The Labute approximate surface area is 78.0 Å². The van der Waals surface area contributed by atoms with Crippen molar-refractivity contribution in [3.63, 3.8) is 0 Å². The topological polar surface area (TPSA) is 41.6 Å². The Morgan fingerprint density at radius 2 is 2.15 bits per heavy atom. The number of aromatic nitrogens is 2. The van der Waals surface area contributed by atoms with E-state index < -0.39 is 0 Å². The molecule has 0 bridgehead atoms. The molecule has 1 saturated carbocycles. The lowest BCUT2D eigenvalue weighted by Crippen LogP contribution is -2.13. The van der Waals surface area contributed by atoms with Crippen molar-refractivity contribution >= 4 is 0 Å². The number of nitrogens with zero attached hydrogens (tertiary/aromatic N) is 3. The molecule has 0 aromatic carbocycles. The van der Waals surface area contributed by atoms with E-state index in [1.807, 2.05) is 10.9 Å². The zero-order chi connectivity index (χ0) is 9.10. The van der Waals surface area contributed by atoms with Crippen LogP contribution in [0, 0.1) is 11.3 Å². The van der Waals surface area contributed by atoms with E-state index in [-0.39, 0.29) is 0 Å². The van der Waals surface area contributed by atoms with E-state index in [1.165, 1.54) is 32.1 Å². The summed E-state index contributed by atoms with van der Waals surface area (Å²) >= 11 is 0. The largest absolute Gasteiger partial charge is 0.268 e. The smallest absolute Gasteiger partial charge is 0.162 e. The number of hydrogen-bond donors (Lipinski definition) is 0. The Morgan fingerprint density at radius 1 is 1.38 bits per heavy atom. The van der Waals surface area contributed by atoms with Gasteiger partial charge in [-0.05, 0) is 18.9 Å². The predicted octanol–water partition coefficient (Wildman–Crippen LogP) is 2.26. The van der Waals surface area contributed by atoms with Crippen molar-refractivity contribution < 1.29 is 0 Å². The third-order valence-electron chi connectivity index (χ3n) is 2.67. The second kappa shape index (κ2) is 3.61. The molecule has 13 heavy (non-hydrogen) atoms. The second-order valence-corrected chi connectivity index (χ2v) is 3.58. The van der Waals surface area contributed by atoms with E-state index in [1.54, 1.807) is 6.07 Å². The van der Waals surface area contributed by atoms with Gasteiger partial charge in [0.25, 0.3) is 0 Å². The fourth-order valence-electron chi connectivity index (χ4n) is 1.95. The molecule has 1 aliphatic rings. The normalized spacial score (nSPS) is 18.4. The van der Waals surface area contributed by atoms with Gasteiger partial charge in [-0.15, -0.1) is 0 Å². The molecule has 68 valence electrons. The van der Waals surface area contributed by atoms with Gasteiger partial charge in [0, 0.05) is 6.20 Å². The fraction of sp³-hybridized carbons (Fsp3) is 0.600. The molecule has 3 nitrogen and oxygen atoms in total. The monoisotopic (exact) mass is 175 g/mol. The summed E-state index contributed by atoms with van der Waals surface area (Å²) in [4.78, 5) is 0. The lowest BCUT2D eigenvalue weighted by Gasteiger charge is -2.21. The third-order valence-corrected chi connectivity index (χ3v) is 2.67. The maximum Gasteiger partial charge on any atom is 0.162 e. The predicted molar refractivity (Wildman–Crippen MR) is 49.1 cm³/mol. The van der Waals surface area contributed by atoms with E-state index in [9.17, 15) is 0 Å². The summed E-state index contributed by atoms with van der Waals surface area (Å²) in [6.07, 6.45) is 8.30. The van der Waals surface area contributed by atoms with E-state index in [4.69, 9.17) is 5.26 Å². The van der Waals surface area contributed by atoms with Crippen molar-refractivity contribution in [3.05, 3.63) is 18.0 Å². The van der Waals surface area contributed by atoms with Crippen LogP contribution in [-0.4, -0.2) is 9.78 Å².